The summed E-state index contributed by atoms with van der Waals surface area (Å²) < 4.78 is 0. The Morgan fingerprint density at radius 3 is 2.18 bits per heavy atom. The topological polar surface area (TPSA) is 65.9 Å². The molecule has 3 N–H and O–H groups in total. The van der Waals surface area contributed by atoms with Gasteiger partial charge in [0.2, 0.25) is 0 Å². The monoisotopic (exact) mass is 383 g/mol. The molecule has 2 aromatic rings. The van der Waals surface area contributed by atoms with Crippen molar-refractivity contribution in [1.29, 1.82) is 0 Å². The molecule has 0 radical (unpaired) electrons. The molecule has 0 aromatic heterocycles. The minimum absolute atomic E-state index is 0.0501. The van der Waals surface area contributed by atoms with Gasteiger partial charge in [0.25, 0.3) is 0 Å². The number of quaternary nitrogens is 1. The Morgan fingerprint density at radius 1 is 1.00 bits per heavy atom. The van der Waals surface area contributed by atoms with Gasteiger partial charge in [0, 0.05) is 31.0 Å². The van der Waals surface area contributed by atoms with Gasteiger partial charge in [0.1, 0.15) is 6.04 Å². The Hall–Kier alpha value is -2.86. The molecule has 150 valence electrons. The van der Waals surface area contributed by atoms with Crippen LogP contribution in [0.5, 0.6) is 0 Å². The predicted molar refractivity (Wildman–Crippen MR) is 114 cm³/mol. The van der Waals surface area contributed by atoms with Crippen LogP contribution in [0.1, 0.15) is 22.7 Å². The van der Waals surface area contributed by atoms with Crippen LogP contribution in [-0.2, 0) is 9.59 Å². The standard InChI is InChI=1S/C22H30N4O2/c1-15-7-12-19(16(2)13-15)24-22(28)21(27)23-14-20(26(5)6)17-8-10-18(11-9-17)25(3)4/h7-13,20H,14H2,1-6H3,(H,23,27)(H,24,28)/p+1/t20-/m1/s1. The molecule has 0 bridgehead atoms. The lowest BCUT2D eigenvalue weighted by Gasteiger charge is -2.23. The highest BCUT2D eigenvalue weighted by Crippen LogP contribution is 2.17. The van der Waals surface area contributed by atoms with Gasteiger partial charge >= 0.3 is 11.8 Å². The summed E-state index contributed by atoms with van der Waals surface area (Å²) >= 11 is 0. The number of nitrogens with one attached hydrogen (secondary N) is 3. The number of amides is 2. The van der Waals surface area contributed by atoms with Crippen molar-refractivity contribution in [2.24, 2.45) is 0 Å². The van der Waals surface area contributed by atoms with Gasteiger partial charge < -0.3 is 20.4 Å². The van der Waals surface area contributed by atoms with Crippen LogP contribution in [0.2, 0.25) is 0 Å². The molecule has 0 aliphatic carbocycles. The summed E-state index contributed by atoms with van der Waals surface area (Å²) in [7, 11) is 8.06. The lowest BCUT2D eigenvalue weighted by atomic mass is 10.1. The average molecular weight is 384 g/mol. The van der Waals surface area contributed by atoms with E-state index < -0.39 is 11.8 Å². The summed E-state index contributed by atoms with van der Waals surface area (Å²) in [5.41, 5.74) is 4.92. The highest BCUT2D eigenvalue weighted by molar-refractivity contribution is 6.39. The molecule has 0 fully saturated rings. The van der Waals surface area contributed by atoms with Crippen LogP contribution in [0.15, 0.2) is 42.5 Å². The minimum atomic E-state index is -0.651. The van der Waals surface area contributed by atoms with Gasteiger partial charge in [-0.15, -0.1) is 0 Å². The minimum Gasteiger partial charge on any atom is -0.378 e. The van der Waals surface area contributed by atoms with Crippen molar-refractivity contribution in [3.8, 4) is 0 Å². The first-order chi connectivity index (χ1) is 13.2. The Bertz CT molecular complexity index is 829. The SMILES string of the molecule is Cc1ccc(NC(=O)C(=O)NC[C@H](c2ccc(N(C)C)cc2)[NH+](C)C)c(C)c1. The maximum absolute atomic E-state index is 12.3. The zero-order valence-corrected chi connectivity index (χ0v) is 17.6. The number of anilines is 2. The molecule has 2 amide bonds. The maximum atomic E-state index is 12.3. The van der Waals surface area contributed by atoms with E-state index in [2.05, 4.69) is 34.9 Å². The Balaban J connectivity index is 2.00. The van der Waals surface area contributed by atoms with E-state index in [1.165, 1.54) is 4.90 Å². The van der Waals surface area contributed by atoms with Crippen LogP contribution in [0, 0.1) is 13.8 Å². The average Bonchev–Trinajstić information content (AvgIpc) is 2.64. The zero-order valence-electron chi connectivity index (χ0n) is 17.6. The van der Waals surface area contributed by atoms with Crippen LogP contribution >= 0.6 is 0 Å². The third kappa shape index (κ3) is 5.57. The first kappa shape index (κ1) is 21.4. The van der Waals surface area contributed by atoms with Gasteiger partial charge in [-0.1, -0.05) is 29.8 Å². The Labute approximate surface area is 167 Å². The number of nitrogens with zero attached hydrogens (tertiary/aromatic N) is 1. The van der Waals surface area contributed by atoms with Gasteiger partial charge in [0.15, 0.2) is 0 Å². The molecule has 2 aromatic carbocycles. The molecular formula is C22H31N4O2+. The van der Waals surface area contributed by atoms with Gasteiger partial charge in [0.05, 0.1) is 20.6 Å². The molecular weight excluding hydrogens is 352 g/mol. The molecule has 0 saturated carbocycles. The fourth-order valence-corrected chi connectivity index (χ4v) is 3.07. The number of hydrogen-bond donors (Lipinski definition) is 3. The number of hydrogen-bond acceptors (Lipinski definition) is 3. The number of carbonyl (C=O) groups is 2. The molecule has 0 spiro atoms. The van der Waals surface area contributed by atoms with Crippen molar-refractivity contribution in [2.45, 2.75) is 19.9 Å². The normalized spacial score (nSPS) is 11.8. The zero-order chi connectivity index (χ0) is 20.8. The van der Waals surface area contributed by atoms with Crippen molar-refractivity contribution in [3.05, 3.63) is 59.2 Å². The molecule has 1 atom stereocenters. The van der Waals surface area contributed by atoms with E-state index in [1.54, 1.807) is 0 Å². The lowest BCUT2D eigenvalue weighted by molar-refractivity contribution is -0.890. The van der Waals surface area contributed by atoms with Crippen LogP contribution in [0.25, 0.3) is 0 Å². The van der Waals surface area contributed by atoms with Crippen molar-refractivity contribution in [3.63, 3.8) is 0 Å². The van der Waals surface area contributed by atoms with Crippen molar-refractivity contribution in [2.75, 3.05) is 45.0 Å². The van der Waals surface area contributed by atoms with E-state index in [9.17, 15) is 9.59 Å². The highest BCUT2D eigenvalue weighted by Gasteiger charge is 2.21. The number of rotatable bonds is 6. The summed E-state index contributed by atoms with van der Waals surface area (Å²) in [5.74, 6) is -1.28. The first-order valence-electron chi connectivity index (χ1n) is 9.42. The van der Waals surface area contributed by atoms with Crippen molar-refractivity contribution in [1.82, 2.24) is 5.32 Å². The number of benzene rings is 2. The highest BCUT2D eigenvalue weighted by atomic mass is 16.2. The van der Waals surface area contributed by atoms with Gasteiger partial charge in [-0.2, -0.15) is 0 Å². The fraction of sp³-hybridized carbons (Fsp3) is 0.364. The molecule has 0 saturated heterocycles. The van der Waals surface area contributed by atoms with E-state index in [-0.39, 0.29) is 6.04 Å². The van der Waals surface area contributed by atoms with Crippen LogP contribution in [-0.4, -0.2) is 46.5 Å². The lowest BCUT2D eigenvalue weighted by Crippen LogP contribution is -3.07. The quantitative estimate of drug-likeness (QED) is 0.659. The number of likely N-dealkylation sites (N-methyl/N-ethyl adjacent to an activating group) is 1. The fourth-order valence-electron chi connectivity index (χ4n) is 3.07. The van der Waals surface area contributed by atoms with Crippen molar-refractivity contribution < 1.29 is 14.5 Å². The number of aryl methyl sites for hydroxylation is 2. The number of carbonyl (C=O) groups excluding carboxylic acids is 2. The van der Waals surface area contributed by atoms with Crippen LogP contribution in [0.3, 0.4) is 0 Å². The summed E-state index contributed by atoms with van der Waals surface area (Å²) in [6.07, 6.45) is 0. The molecule has 2 rings (SSSR count). The van der Waals surface area contributed by atoms with E-state index in [1.807, 2.05) is 65.1 Å². The molecule has 6 heteroatoms. The van der Waals surface area contributed by atoms with E-state index in [0.717, 1.165) is 22.4 Å². The summed E-state index contributed by atoms with van der Waals surface area (Å²) in [5, 5.41) is 5.46. The molecule has 0 unspecified atom stereocenters. The van der Waals surface area contributed by atoms with Crippen LogP contribution < -0.4 is 20.4 Å². The Kier molecular flexibility index (Phi) is 7.18. The summed E-state index contributed by atoms with van der Waals surface area (Å²) in [4.78, 5) is 27.8. The molecule has 0 aliphatic rings. The second-order valence-corrected chi connectivity index (χ2v) is 7.60. The third-order valence-corrected chi connectivity index (χ3v) is 4.81. The van der Waals surface area contributed by atoms with E-state index >= 15 is 0 Å². The summed E-state index contributed by atoms with van der Waals surface area (Å²) in [6.45, 7) is 4.27. The van der Waals surface area contributed by atoms with E-state index in [4.69, 9.17) is 0 Å². The molecule has 0 heterocycles. The molecule has 6 nitrogen and oxygen atoms in total. The molecule has 0 aliphatic heterocycles. The molecule has 28 heavy (non-hydrogen) atoms. The maximum Gasteiger partial charge on any atom is 0.313 e. The first-order valence-corrected chi connectivity index (χ1v) is 9.42. The third-order valence-electron chi connectivity index (χ3n) is 4.81. The second kappa shape index (κ2) is 9.37. The predicted octanol–water partition coefficient (Wildman–Crippen LogP) is 1.31. The van der Waals surface area contributed by atoms with Crippen LogP contribution in [0.4, 0.5) is 11.4 Å². The smallest absolute Gasteiger partial charge is 0.313 e. The second-order valence-electron chi connectivity index (χ2n) is 7.60. The van der Waals surface area contributed by atoms with Gasteiger partial charge in [-0.25, -0.2) is 0 Å². The van der Waals surface area contributed by atoms with Crippen molar-refractivity contribution >= 4 is 23.2 Å². The van der Waals surface area contributed by atoms with Gasteiger partial charge in [-0.3, -0.25) is 9.59 Å². The Morgan fingerprint density at radius 2 is 1.64 bits per heavy atom. The summed E-state index contributed by atoms with van der Waals surface area (Å²) in [6, 6.07) is 14.0. The largest absolute Gasteiger partial charge is 0.378 e. The van der Waals surface area contributed by atoms with E-state index in [0.29, 0.717) is 12.2 Å². The van der Waals surface area contributed by atoms with Gasteiger partial charge in [-0.05, 0) is 37.6 Å².